The van der Waals surface area contributed by atoms with Crippen LogP contribution < -0.4 is 5.56 Å². The van der Waals surface area contributed by atoms with Crippen molar-refractivity contribution < 1.29 is 4.79 Å². The van der Waals surface area contributed by atoms with Crippen LogP contribution in [0.3, 0.4) is 0 Å². The molecule has 132 valence electrons. The first-order chi connectivity index (χ1) is 12.2. The van der Waals surface area contributed by atoms with Crippen LogP contribution >= 0.6 is 0 Å². The molecule has 1 amide bonds. The molecule has 1 N–H and O–H groups in total. The molecular weight excluding hydrogens is 316 g/mol. The molecule has 0 bridgehead atoms. The van der Waals surface area contributed by atoms with Gasteiger partial charge in [-0.1, -0.05) is 0 Å². The van der Waals surface area contributed by atoms with E-state index in [9.17, 15) is 9.59 Å². The molecule has 1 fully saturated rings. The Hall–Kier alpha value is -2.37. The first-order valence-electron chi connectivity index (χ1n) is 9.26. The van der Waals surface area contributed by atoms with E-state index in [1.807, 2.05) is 27.9 Å². The predicted molar refractivity (Wildman–Crippen MR) is 94.6 cm³/mol. The maximum absolute atomic E-state index is 13.1. The number of likely N-dealkylation sites (tertiary alicyclic amines) is 1. The van der Waals surface area contributed by atoms with Crippen LogP contribution in [0.5, 0.6) is 0 Å². The second-order valence-corrected chi connectivity index (χ2v) is 7.08. The lowest BCUT2D eigenvalue weighted by molar-refractivity contribution is 0.0592. The lowest BCUT2D eigenvalue weighted by atomic mass is 9.98. The minimum Gasteiger partial charge on any atom is -0.335 e. The van der Waals surface area contributed by atoms with E-state index in [1.54, 1.807) is 6.20 Å². The number of amides is 1. The highest BCUT2D eigenvalue weighted by atomic mass is 16.2. The topological polar surface area (TPSA) is 71.0 Å². The van der Waals surface area contributed by atoms with Crippen LogP contribution in [0.4, 0.5) is 0 Å². The van der Waals surface area contributed by atoms with E-state index in [4.69, 9.17) is 0 Å². The molecule has 25 heavy (non-hydrogen) atoms. The van der Waals surface area contributed by atoms with Crippen molar-refractivity contribution in [2.45, 2.75) is 57.5 Å². The zero-order valence-corrected chi connectivity index (χ0v) is 14.4. The minimum atomic E-state index is -0.234. The maximum Gasteiger partial charge on any atom is 0.261 e. The van der Waals surface area contributed by atoms with Gasteiger partial charge in [-0.15, -0.1) is 0 Å². The second kappa shape index (κ2) is 6.86. The van der Waals surface area contributed by atoms with Crippen molar-refractivity contribution >= 4 is 5.91 Å². The minimum absolute atomic E-state index is 0.110. The normalized spacial score (nSPS) is 19.8. The van der Waals surface area contributed by atoms with E-state index in [1.165, 1.54) is 0 Å². The summed E-state index contributed by atoms with van der Waals surface area (Å²) in [5.41, 5.74) is 2.22. The molecule has 2 aromatic heterocycles. The highest BCUT2D eigenvalue weighted by Gasteiger charge is 2.29. The number of fused-ring (bicyclic) bond motifs is 1. The molecule has 0 spiro atoms. The fraction of sp³-hybridized carbons (Fsp3) is 0.526. The molecule has 1 atom stereocenters. The van der Waals surface area contributed by atoms with Crippen molar-refractivity contribution in [3.63, 3.8) is 0 Å². The Morgan fingerprint density at radius 1 is 1.28 bits per heavy atom. The fourth-order valence-electron chi connectivity index (χ4n) is 4.11. The maximum atomic E-state index is 13.1. The van der Waals surface area contributed by atoms with Gasteiger partial charge in [0, 0.05) is 37.2 Å². The monoisotopic (exact) mass is 340 g/mol. The number of carbonyl (C=O) groups is 1. The Labute approximate surface area is 146 Å². The van der Waals surface area contributed by atoms with Gasteiger partial charge in [-0.3, -0.25) is 14.3 Å². The summed E-state index contributed by atoms with van der Waals surface area (Å²) in [6, 6.07) is 3.93. The molecule has 1 saturated heterocycles. The third-order valence-corrected chi connectivity index (χ3v) is 5.46. The summed E-state index contributed by atoms with van der Waals surface area (Å²) < 4.78 is 1.90. The molecule has 6 nitrogen and oxygen atoms in total. The molecule has 2 aromatic rings. The largest absolute Gasteiger partial charge is 0.335 e. The number of pyridine rings is 1. The first-order valence-corrected chi connectivity index (χ1v) is 9.26. The lowest BCUT2D eigenvalue weighted by Gasteiger charge is -2.35. The molecule has 2 aliphatic rings. The Morgan fingerprint density at radius 3 is 3.04 bits per heavy atom. The molecule has 4 rings (SSSR count). The van der Waals surface area contributed by atoms with Crippen molar-refractivity contribution in [1.82, 2.24) is 19.7 Å². The van der Waals surface area contributed by atoms with Crippen molar-refractivity contribution in [2.75, 3.05) is 6.54 Å². The molecule has 1 aliphatic carbocycles. The summed E-state index contributed by atoms with van der Waals surface area (Å²) in [5, 5.41) is 4.24. The fourth-order valence-corrected chi connectivity index (χ4v) is 4.11. The number of rotatable bonds is 4. The van der Waals surface area contributed by atoms with Gasteiger partial charge in [0.25, 0.3) is 11.5 Å². The first kappa shape index (κ1) is 16.1. The van der Waals surface area contributed by atoms with Crippen LogP contribution in [0.15, 0.2) is 29.3 Å². The third-order valence-electron chi connectivity index (χ3n) is 5.46. The van der Waals surface area contributed by atoms with Crippen LogP contribution in [0, 0.1) is 0 Å². The highest BCUT2D eigenvalue weighted by molar-refractivity contribution is 5.94. The Balaban J connectivity index is 1.53. The summed E-state index contributed by atoms with van der Waals surface area (Å²) in [7, 11) is 0. The number of H-pyrrole nitrogens is 1. The number of piperidine rings is 1. The van der Waals surface area contributed by atoms with Gasteiger partial charge in [0.1, 0.15) is 5.56 Å². The van der Waals surface area contributed by atoms with E-state index >= 15 is 0 Å². The number of nitrogens with zero attached hydrogens (tertiary/aromatic N) is 3. The zero-order chi connectivity index (χ0) is 17.2. The highest BCUT2D eigenvalue weighted by Crippen LogP contribution is 2.24. The summed E-state index contributed by atoms with van der Waals surface area (Å²) in [6.45, 7) is 1.53. The molecule has 0 unspecified atom stereocenters. The lowest BCUT2D eigenvalue weighted by Crippen LogP contribution is -2.45. The third kappa shape index (κ3) is 3.25. The summed E-state index contributed by atoms with van der Waals surface area (Å²) in [4.78, 5) is 30.3. The summed E-state index contributed by atoms with van der Waals surface area (Å²) in [5.74, 6) is -0.110. The van der Waals surface area contributed by atoms with Crippen LogP contribution in [0.25, 0.3) is 0 Å². The average Bonchev–Trinajstić information content (AvgIpc) is 3.30. The van der Waals surface area contributed by atoms with Crippen LogP contribution in [-0.4, -0.2) is 38.2 Å². The van der Waals surface area contributed by atoms with Gasteiger partial charge in [-0.05, 0) is 62.6 Å². The van der Waals surface area contributed by atoms with E-state index in [2.05, 4.69) is 10.1 Å². The number of hydrogen-bond donors (Lipinski definition) is 1. The van der Waals surface area contributed by atoms with Crippen molar-refractivity contribution in [3.05, 3.63) is 51.7 Å². The van der Waals surface area contributed by atoms with Crippen LogP contribution in [0.1, 0.15) is 53.7 Å². The quantitative estimate of drug-likeness (QED) is 0.927. The van der Waals surface area contributed by atoms with Gasteiger partial charge in [0.2, 0.25) is 0 Å². The van der Waals surface area contributed by atoms with Gasteiger partial charge < -0.3 is 9.88 Å². The van der Waals surface area contributed by atoms with E-state index in [0.29, 0.717) is 5.56 Å². The Morgan fingerprint density at radius 2 is 2.20 bits per heavy atom. The number of hydrogen-bond acceptors (Lipinski definition) is 3. The number of aromatic nitrogens is 3. The molecule has 6 heteroatoms. The predicted octanol–water partition coefficient (Wildman–Crippen LogP) is 2.15. The standard InChI is InChI=1S/C19H24N4O2/c24-18-16(13-14-5-3-7-17(14)21-18)19(25)23-11-2-1-6-15(23)8-12-22-10-4-9-20-22/h4,9-10,13,15H,1-3,5-8,11-12H2,(H,21,24)/t15-/m1/s1. The number of carbonyl (C=O) groups excluding carboxylic acids is 1. The summed E-state index contributed by atoms with van der Waals surface area (Å²) >= 11 is 0. The number of aromatic amines is 1. The van der Waals surface area contributed by atoms with Gasteiger partial charge in [0.05, 0.1) is 0 Å². The van der Waals surface area contributed by atoms with Gasteiger partial charge in [0.15, 0.2) is 0 Å². The number of nitrogens with one attached hydrogen (secondary N) is 1. The van der Waals surface area contributed by atoms with E-state index < -0.39 is 0 Å². The molecular formula is C19H24N4O2. The Kier molecular flexibility index (Phi) is 4.42. The van der Waals surface area contributed by atoms with Gasteiger partial charge in [-0.2, -0.15) is 5.10 Å². The second-order valence-electron chi connectivity index (χ2n) is 7.08. The smallest absolute Gasteiger partial charge is 0.261 e. The van der Waals surface area contributed by atoms with Crippen molar-refractivity contribution in [3.8, 4) is 0 Å². The van der Waals surface area contributed by atoms with Gasteiger partial charge in [-0.25, -0.2) is 0 Å². The molecule has 1 aliphatic heterocycles. The van der Waals surface area contributed by atoms with Crippen molar-refractivity contribution in [2.24, 2.45) is 0 Å². The molecule has 0 saturated carbocycles. The van der Waals surface area contributed by atoms with E-state index in [0.717, 1.165) is 69.3 Å². The number of aryl methyl sites for hydroxylation is 3. The summed E-state index contributed by atoms with van der Waals surface area (Å²) in [6.07, 6.45) is 10.6. The average molecular weight is 340 g/mol. The SMILES string of the molecule is O=C(c1cc2c([nH]c1=O)CCC2)N1CCCC[C@@H]1CCn1cccn1. The van der Waals surface area contributed by atoms with Crippen LogP contribution in [0.2, 0.25) is 0 Å². The van der Waals surface area contributed by atoms with E-state index in [-0.39, 0.29) is 17.5 Å². The molecule has 3 heterocycles. The molecule has 0 radical (unpaired) electrons. The Bertz CT molecular complexity index is 809. The van der Waals surface area contributed by atoms with Crippen LogP contribution in [-0.2, 0) is 19.4 Å². The van der Waals surface area contributed by atoms with Gasteiger partial charge >= 0.3 is 0 Å². The van der Waals surface area contributed by atoms with Crippen molar-refractivity contribution in [1.29, 1.82) is 0 Å². The zero-order valence-electron chi connectivity index (χ0n) is 14.4. The molecule has 0 aromatic carbocycles.